The Kier molecular flexibility index (Phi) is 4.14. The third-order valence-electron chi connectivity index (χ3n) is 3.36. The summed E-state index contributed by atoms with van der Waals surface area (Å²) in [6.45, 7) is 2.39. The van der Waals surface area contributed by atoms with Crippen molar-refractivity contribution in [1.82, 2.24) is 9.97 Å². The van der Waals surface area contributed by atoms with Crippen molar-refractivity contribution in [2.75, 3.05) is 24.6 Å². The summed E-state index contributed by atoms with van der Waals surface area (Å²) in [7, 11) is 0. The highest BCUT2D eigenvalue weighted by Gasteiger charge is 2.21. The van der Waals surface area contributed by atoms with E-state index < -0.39 is 0 Å². The Morgan fingerprint density at radius 3 is 3.10 bits per heavy atom. The molecule has 104 valence electrons. The van der Waals surface area contributed by atoms with Crippen LogP contribution in [-0.4, -0.2) is 35.8 Å². The van der Waals surface area contributed by atoms with E-state index in [4.69, 9.17) is 16.3 Å². The molecule has 4 nitrogen and oxygen atoms in total. The zero-order chi connectivity index (χ0) is 13.8. The molecule has 1 fully saturated rings. The normalized spacial score (nSPS) is 19.1. The summed E-state index contributed by atoms with van der Waals surface area (Å²) in [5, 5.41) is 0.768. The number of aromatic nitrogens is 2. The predicted molar refractivity (Wildman–Crippen MR) is 79.1 cm³/mol. The van der Waals surface area contributed by atoms with E-state index in [1.807, 2.05) is 18.2 Å². The molecule has 0 spiro atoms. The molecular formula is C15H16ClN3O. The summed E-state index contributed by atoms with van der Waals surface area (Å²) in [6, 6.07) is 7.93. The summed E-state index contributed by atoms with van der Waals surface area (Å²) in [5.41, 5.74) is 1.20. The molecule has 1 saturated heterocycles. The zero-order valence-corrected chi connectivity index (χ0v) is 11.8. The second-order valence-electron chi connectivity index (χ2n) is 4.84. The average Bonchev–Trinajstić information content (AvgIpc) is 2.48. The van der Waals surface area contributed by atoms with Gasteiger partial charge in [-0.1, -0.05) is 23.7 Å². The van der Waals surface area contributed by atoms with E-state index >= 15 is 0 Å². The van der Waals surface area contributed by atoms with Gasteiger partial charge in [0.2, 0.25) is 0 Å². The Hall–Kier alpha value is -1.65. The van der Waals surface area contributed by atoms with Gasteiger partial charge in [0.05, 0.1) is 18.9 Å². The predicted octanol–water partition coefficient (Wildman–Crippen LogP) is 2.58. The first kappa shape index (κ1) is 13.3. The monoisotopic (exact) mass is 289 g/mol. The third kappa shape index (κ3) is 3.26. The molecule has 1 aromatic heterocycles. The maximum absolute atomic E-state index is 6.02. The molecule has 0 saturated carbocycles. The molecule has 20 heavy (non-hydrogen) atoms. The first-order valence-corrected chi connectivity index (χ1v) is 7.06. The van der Waals surface area contributed by atoms with Crippen LogP contribution in [0.4, 0.5) is 5.82 Å². The van der Waals surface area contributed by atoms with E-state index in [1.165, 1.54) is 5.56 Å². The maximum Gasteiger partial charge on any atom is 0.147 e. The van der Waals surface area contributed by atoms with Crippen LogP contribution in [0.3, 0.4) is 0 Å². The van der Waals surface area contributed by atoms with Crippen LogP contribution in [-0.2, 0) is 11.2 Å². The van der Waals surface area contributed by atoms with Gasteiger partial charge < -0.3 is 9.64 Å². The van der Waals surface area contributed by atoms with Gasteiger partial charge in [0.25, 0.3) is 0 Å². The van der Waals surface area contributed by atoms with E-state index in [0.717, 1.165) is 30.4 Å². The largest absolute Gasteiger partial charge is 0.374 e. The Balaban J connectivity index is 1.66. The second kappa shape index (κ2) is 6.20. The summed E-state index contributed by atoms with van der Waals surface area (Å²) in [5.74, 6) is 0.909. The lowest BCUT2D eigenvalue weighted by molar-refractivity contribution is 0.0408. The quantitative estimate of drug-likeness (QED) is 0.870. The SMILES string of the molecule is Clc1cccc(C[C@@H]2CN(c3cnccn3)CCO2)c1. The van der Waals surface area contributed by atoms with Crippen molar-refractivity contribution in [3.8, 4) is 0 Å². The van der Waals surface area contributed by atoms with Crippen LogP contribution < -0.4 is 4.90 Å². The number of anilines is 1. The second-order valence-corrected chi connectivity index (χ2v) is 5.27. The smallest absolute Gasteiger partial charge is 0.147 e. The molecule has 2 aromatic rings. The minimum absolute atomic E-state index is 0.157. The number of nitrogens with zero attached hydrogens (tertiary/aromatic N) is 3. The fraction of sp³-hybridized carbons (Fsp3) is 0.333. The van der Waals surface area contributed by atoms with Gasteiger partial charge >= 0.3 is 0 Å². The van der Waals surface area contributed by atoms with Crippen molar-refractivity contribution in [2.45, 2.75) is 12.5 Å². The van der Waals surface area contributed by atoms with Crippen LogP contribution >= 0.6 is 11.6 Å². The van der Waals surface area contributed by atoms with Crippen LogP contribution in [0.25, 0.3) is 0 Å². The Morgan fingerprint density at radius 1 is 1.35 bits per heavy atom. The fourth-order valence-electron chi connectivity index (χ4n) is 2.43. The van der Waals surface area contributed by atoms with Gasteiger partial charge in [-0.25, -0.2) is 4.98 Å². The highest BCUT2D eigenvalue weighted by molar-refractivity contribution is 6.30. The molecule has 0 N–H and O–H groups in total. The van der Waals surface area contributed by atoms with Crippen LogP contribution in [0.2, 0.25) is 5.02 Å². The van der Waals surface area contributed by atoms with Gasteiger partial charge in [-0.3, -0.25) is 4.98 Å². The molecule has 1 atom stereocenters. The number of rotatable bonds is 3. The highest BCUT2D eigenvalue weighted by atomic mass is 35.5. The van der Waals surface area contributed by atoms with Gasteiger partial charge in [-0.05, 0) is 17.7 Å². The molecule has 0 aliphatic carbocycles. The standard InChI is InChI=1S/C15H16ClN3O/c16-13-3-1-2-12(8-13)9-14-11-19(6-7-20-14)15-10-17-4-5-18-15/h1-5,8,10,14H,6-7,9,11H2/t14-/m1/s1. The summed E-state index contributed by atoms with van der Waals surface area (Å²) >= 11 is 6.02. The van der Waals surface area contributed by atoms with Crippen molar-refractivity contribution in [3.63, 3.8) is 0 Å². The maximum atomic E-state index is 6.02. The first-order valence-electron chi connectivity index (χ1n) is 6.68. The Bertz CT molecular complexity index is 564. The minimum Gasteiger partial charge on any atom is -0.374 e. The number of hydrogen-bond acceptors (Lipinski definition) is 4. The molecule has 0 unspecified atom stereocenters. The molecular weight excluding hydrogens is 274 g/mol. The van der Waals surface area contributed by atoms with E-state index in [1.54, 1.807) is 18.6 Å². The van der Waals surface area contributed by atoms with Gasteiger partial charge in [0.15, 0.2) is 0 Å². The molecule has 0 amide bonds. The molecule has 5 heteroatoms. The number of halogens is 1. The number of ether oxygens (including phenoxy) is 1. The van der Waals surface area contributed by atoms with Gasteiger partial charge in [0.1, 0.15) is 5.82 Å². The van der Waals surface area contributed by atoms with Gasteiger partial charge in [-0.2, -0.15) is 0 Å². The number of hydrogen-bond donors (Lipinski definition) is 0. The molecule has 1 aliphatic rings. The van der Waals surface area contributed by atoms with Crippen molar-refractivity contribution < 1.29 is 4.74 Å². The Labute approximate surface area is 123 Å². The minimum atomic E-state index is 0.157. The van der Waals surface area contributed by atoms with Gasteiger partial charge in [-0.15, -0.1) is 0 Å². The van der Waals surface area contributed by atoms with Crippen molar-refractivity contribution in [3.05, 3.63) is 53.4 Å². The lowest BCUT2D eigenvalue weighted by atomic mass is 10.1. The van der Waals surface area contributed by atoms with E-state index in [0.29, 0.717) is 6.61 Å². The summed E-state index contributed by atoms with van der Waals surface area (Å²) in [4.78, 5) is 10.7. The van der Waals surface area contributed by atoms with Crippen molar-refractivity contribution in [2.24, 2.45) is 0 Å². The molecule has 3 rings (SSSR count). The molecule has 0 radical (unpaired) electrons. The lowest BCUT2D eigenvalue weighted by Gasteiger charge is -2.33. The van der Waals surface area contributed by atoms with Crippen molar-refractivity contribution >= 4 is 17.4 Å². The first-order chi connectivity index (χ1) is 9.81. The van der Waals surface area contributed by atoms with E-state index in [2.05, 4.69) is 20.9 Å². The lowest BCUT2D eigenvalue weighted by Crippen LogP contribution is -2.43. The molecule has 1 aliphatic heterocycles. The zero-order valence-electron chi connectivity index (χ0n) is 11.1. The van der Waals surface area contributed by atoms with Crippen LogP contribution in [0, 0.1) is 0 Å². The van der Waals surface area contributed by atoms with E-state index in [9.17, 15) is 0 Å². The van der Waals surface area contributed by atoms with Crippen molar-refractivity contribution in [1.29, 1.82) is 0 Å². The van der Waals surface area contributed by atoms with Crippen LogP contribution in [0.15, 0.2) is 42.9 Å². The topological polar surface area (TPSA) is 38.2 Å². The molecule has 2 heterocycles. The van der Waals surface area contributed by atoms with Crippen LogP contribution in [0.1, 0.15) is 5.56 Å². The van der Waals surface area contributed by atoms with Gasteiger partial charge in [0, 0.05) is 36.9 Å². The van der Waals surface area contributed by atoms with Crippen LogP contribution in [0.5, 0.6) is 0 Å². The third-order valence-corrected chi connectivity index (χ3v) is 3.60. The fourth-order valence-corrected chi connectivity index (χ4v) is 2.65. The Morgan fingerprint density at radius 2 is 2.30 bits per heavy atom. The number of benzene rings is 1. The number of morpholine rings is 1. The average molecular weight is 290 g/mol. The summed E-state index contributed by atoms with van der Waals surface area (Å²) in [6.07, 6.45) is 6.22. The highest BCUT2D eigenvalue weighted by Crippen LogP contribution is 2.18. The van der Waals surface area contributed by atoms with E-state index in [-0.39, 0.29) is 6.10 Å². The molecule has 1 aromatic carbocycles. The molecule has 0 bridgehead atoms. The summed E-state index contributed by atoms with van der Waals surface area (Å²) < 4.78 is 5.84.